The van der Waals surface area contributed by atoms with E-state index in [1.807, 2.05) is 18.2 Å². The van der Waals surface area contributed by atoms with E-state index >= 15 is 0 Å². The van der Waals surface area contributed by atoms with Crippen molar-refractivity contribution in [3.8, 4) is 0 Å². The van der Waals surface area contributed by atoms with Crippen molar-refractivity contribution in [1.82, 2.24) is 5.01 Å². The molecule has 0 spiro atoms. The number of nitrogens with zero attached hydrogens (tertiary/aromatic N) is 2. The molecule has 2 aromatic rings. The Morgan fingerprint density at radius 2 is 1.68 bits per heavy atom. The van der Waals surface area contributed by atoms with Gasteiger partial charge in [0.05, 0.1) is 25.5 Å². The summed E-state index contributed by atoms with van der Waals surface area (Å²) in [6.45, 7) is 0. The van der Waals surface area contributed by atoms with Crippen LogP contribution in [-0.4, -0.2) is 49.8 Å². The van der Waals surface area contributed by atoms with Crippen molar-refractivity contribution in [2.24, 2.45) is 0 Å². The Kier molecular flexibility index (Phi) is 5.21. The SMILES string of the molecule is COC(=O)CC1(C(=O)OC)Nc2ccccc2C(=O)N1N(C)c1ccccc1. The summed E-state index contributed by atoms with van der Waals surface area (Å²) in [5.74, 6) is -1.91. The second-order valence-corrected chi connectivity index (χ2v) is 6.25. The van der Waals surface area contributed by atoms with Crippen LogP contribution in [0.2, 0.25) is 0 Å². The molecule has 146 valence electrons. The van der Waals surface area contributed by atoms with Crippen molar-refractivity contribution in [3.63, 3.8) is 0 Å². The molecule has 1 amide bonds. The topological polar surface area (TPSA) is 88.2 Å². The van der Waals surface area contributed by atoms with E-state index in [-0.39, 0.29) is 0 Å². The number of benzene rings is 2. The first-order valence-electron chi connectivity index (χ1n) is 8.60. The number of para-hydroxylation sites is 2. The predicted molar refractivity (Wildman–Crippen MR) is 102 cm³/mol. The normalized spacial score (nSPS) is 18.0. The van der Waals surface area contributed by atoms with Crippen LogP contribution in [0.3, 0.4) is 0 Å². The zero-order valence-corrected chi connectivity index (χ0v) is 15.8. The number of hydrogen-bond acceptors (Lipinski definition) is 7. The lowest BCUT2D eigenvalue weighted by Gasteiger charge is -2.49. The van der Waals surface area contributed by atoms with Crippen LogP contribution in [-0.2, 0) is 19.1 Å². The molecule has 0 radical (unpaired) electrons. The summed E-state index contributed by atoms with van der Waals surface area (Å²) >= 11 is 0. The van der Waals surface area contributed by atoms with Crippen LogP contribution in [0.5, 0.6) is 0 Å². The van der Waals surface area contributed by atoms with Crippen molar-refractivity contribution >= 4 is 29.2 Å². The highest BCUT2D eigenvalue weighted by Gasteiger charge is 2.55. The van der Waals surface area contributed by atoms with Crippen LogP contribution >= 0.6 is 0 Å². The molecule has 1 aliphatic rings. The third-order valence-electron chi connectivity index (χ3n) is 4.63. The highest BCUT2D eigenvalue weighted by atomic mass is 16.5. The molecule has 2 aromatic carbocycles. The molecule has 1 aliphatic heterocycles. The molecule has 1 atom stereocenters. The minimum atomic E-state index is -1.81. The Bertz CT molecular complexity index is 902. The molecule has 28 heavy (non-hydrogen) atoms. The molecule has 1 N–H and O–H groups in total. The fourth-order valence-corrected chi connectivity index (χ4v) is 3.27. The number of anilines is 2. The van der Waals surface area contributed by atoms with Gasteiger partial charge in [0.15, 0.2) is 0 Å². The van der Waals surface area contributed by atoms with Gasteiger partial charge in [0.1, 0.15) is 6.42 Å². The van der Waals surface area contributed by atoms with Crippen LogP contribution in [0.4, 0.5) is 11.4 Å². The lowest BCUT2D eigenvalue weighted by molar-refractivity contribution is -0.159. The molecular weight excluding hydrogens is 362 g/mol. The highest BCUT2D eigenvalue weighted by Crippen LogP contribution is 2.36. The van der Waals surface area contributed by atoms with Crippen LogP contribution in [0.1, 0.15) is 16.8 Å². The van der Waals surface area contributed by atoms with E-state index in [1.54, 1.807) is 43.4 Å². The minimum absolute atomic E-state index is 0.370. The summed E-state index contributed by atoms with van der Waals surface area (Å²) in [7, 11) is 4.06. The number of carbonyl (C=O) groups is 3. The van der Waals surface area contributed by atoms with Crippen LogP contribution in [0.15, 0.2) is 54.6 Å². The van der Waals surface area contributed by atoms with Gasteiger partial charge in [-0.15, -0.1) is 0 Å². The van der Waals surface area contributed by atoms with Crippen molar-refractivity contribution in [3.05, 3.63) is 60.2 Å². The zero-order chi connectivity index (χ0) is 20.3. The monoisotopic (exact) mass is 383 g/mol. The first kappa shape index (κ1) is 19.2. The Hall–Kier alpha value is -3.55. The maximum atomic E-state index is 13.4. The van der Waals surface area contributed by atoms with E-state index in [9.17, 15) is 14.4 Å². The Labute approximate surface area is 162 Å². The molecule has 0 saturated heterocycles. The Balaban J connectivity index is 2.21. The molecule has 1 heterocycles. The van der Waals surface area contributed by atoms with Crippen molar-refractivity contribution in [1.29, 1.82) is 0 Å². The van der Waals surface area contributed by atoms with Gasteiger partial charge in [0.25, 0.3) is 5.91 Å². The van der Waals surface area contributed by atoms with E-state index in [2.05, 4.69) is 5.32 Å². The first-order chi connectivity index (χ1) is 13.4. The first-order valence-corrected chi connectivity index (χ1v) is 8.60. The third kappa shape index (κ3) is 3.13. The maximum absolute atomic E-state index is 13.4. The standard InChI is InChI=1S/C20H21N3O5/c1-22(14-9-5-4-6-10-14)23-18(25)15-11-7-8-12-16(15)21-20(23,19(26)28-3)13-17(24)27-2/h4-12,21H,13H2,1-3H3. The average molecular weight is 383 g/mol. The van der Waals surface area contributed by atoms with Crippen LogP contribution in [0.25, 0.3) is 0 Å². The van der Waals surface area contributed by atoms with E-state index in [1.165, 1.54) is 24.2 Å². The van der Waals surface area contributed by atoms with E-state index < -0.39 is 29.9 Å². The van der Waals surface area contributed by atoms with Crippen molar-refractivity contribution in [2.45, 2.75) is 12.1 Å². The van der Waals surface area contributed by atoms with Crippen LogP contribution < -0.4 is 10.3 Å². The van der Waals surface area contributed by atoms with Crippen molar-refractivity contribution < 1.29 is 23.9 Å². The summed E-state index contributed by atoms with van der Waals surface area (Å²) in [5, 5.41) is 5.77. The lowest BCUT2D eigenvalue weighted by Crippen LogP contribution is -2.70. The quantitative estimate of drug-likeness (QED) is 0.791. The lowest BCUT2D eigenvalue weighted by atomic mass is 9.97. The summed E-state index contributed by atoms with van der Waals surface area (Å²) in [6, 6.07) is 15.8. The summed E-state index contributed by atoms with van der Waals surface area (Å²) < 4.78 is 9.77. The Morgan fingerprint density at radius 3 is 2.32 bits per heavy atom. The third-order valence-corrected chi connectivity index (χ3v) is 4.63. The number of methoxy groups -OCH3 is 2. The average Bonchev–Trinajstić information content (AvgIpc) is 2.73. The van der Waals surface area contributed by atoms with E-state index in [4.69, 9.17) is 9.47 Å². The largest absolute Gasteiger partial charge is 0.469 e. The van der Waals surface area contributed by atoms with Gasteiger partial charge in [-0.25, -0.2) is 9.80 Å². The Morgan fingerprint density at radius 1 is 1.04 bits per heavy atom. The van der Waals surface area contributed by atoms with Gasteiger partial charge < -0.3 is 14.8 Å². The number of ether oxygens (including phenoxy) is 2. The smallest absolute Gasteiger partial charge is 0.355 e. The molecule has 0 bridgehead atoms. The molecule has 8 heteroatoms. The van der Waals surface area contributed by atoms with Gasteiger partial charge in [0, 0.05) is 12.7 Å². The highest BCUT2D eigenvalue weighted by molar-refractivity contribution is 6.08. The summed E-state index contributed by atoms with van der Waals surface area (Å²) in [5.41, 5.74) is -0.359. The van der Waals surface area contributed by atoms with E-state index in [0.717, 1.165) is 0 Å². The van der Waals surface area contributed by atoms with E-state index in [0.29, 0.717) is 16.9 Å². The number of esters is 2. The van der Waals surface area contributed by atoms with Gasteiger partial charge in [-0.2, -0.15) is 0 Å². The fraction of sp³-hybridized carbons (Fsp3) is 0.250. The molecule has 0 aliphatic carbocycles. The number of hydrazine groups is 1. The second-order valence-electron chi connectivity index (χ2n) is 6.25. The molecular formula is C20H21N3O5. The molecule has 0 fully saturated rings. The van der Waals surface area contributed by atoms with Gasteiger partial charge in [-0.1, -0.05) is 30.3 Å². The second kappa shape index (κ2) is 7.59. The number of carbonyl (C=O) groups excluding carboxylic acids is 3. The number of rotatable bonds is 5. The summed E-state index contributed by atoms with van der Waals surface area (Å²) in [4.78, 5) is 38.6. The molecule has 0 aromatic heterocycles. The van der Waals surface area contributed by atoms with Gasteiger partial charge in [0.2, 0.25) is 5.66 Å². The number of fused-ring (bicyclic) bond motifs is 1. The van der Waals surface area contributed by atoms with Gasteiger partial charge >= 0.3 is 11.9 Å². The fourth-order valence-electron chi connectivity index (χ4n) is 3.27. The number of nitrogens with one attached hydrogen (secondary N) is 1. The molecule has 8 nitrogen and oxygen atoms in total. The minimum Gasteiger partial charge on any atom is -0.469 e. The molecule has 1 unspecified atom stereocenters. The van der Waals surface area contributed by atoms with Gasteiger partial charge in [-0.05, 0) is 24.3 Å². The summed E-state index contributed by atoms with van der Waals surface area (Å²) in [6.07, 6.45) is -0.437. The molecule has 0 saturated carbocycles. The maximum Gasteiger partial charge on any atom is 0.355 e. The molecule has 3 rings (SSSR count). The predicted octanol–water partition coefficient (Wildman–Crippen LogP) is 2.04. The van der Waals surface area contributed by atoms with Crippen molar-refractivity contribution in [2.75, 3.05) is 31.6 Å². The number of amides is 1. The zero-order valence-electron chi connectivity index (χ0n) is 15.8. The number of hydrogen-bond donors (Lipinski definition) is 1. The van der Waals surface area contributed by atoms with Gasteiger partial charge in [-0.3, -0.25) is 14.6 Å². The van der Waals surface area contributed by atoms with Crippen LogP contribution in [0, 0.1) is 0 Å².